The van der Waals surface area contributed by atoms with Crippen molar-refractivity contribution in [3.8, 4) is 11.4 Å². The van der Waals surface area contributed by atoms with E-state index in [1.54, 1.807) is 19.2 Å². The number of benzene rings is 1. The van der Waals surface area contributed by atoms with Crippen molar-refractivity contribution in [1.29, 1.82) is 0 Å². The Morgan fingerprint density at radius 1 is 1.35 bits per heavy atom. The molecule has 17 heavy (non-hydrogen) atoms. The second-order valence-corrected chi connectivity index (χ2v) is 3.35. The highest BCUT2D eigenvalue weighted by atomic mass is 19.1. The van der Waals surface area contributed by atoms with Crippen LogP contribution in [0, 0.1) is 5.82 Å². The molecular weight excluding hydrogens is 225 g/mol. The first-order valence-electron chi connectivity index (χ1n) is 5.12. The number of anilines is 1. The van der Waals surface area contributed by atoms with Crippen molar-refractivity contribution in [3.63, 3.8) is 0 Å². The Morgan fingerprint density at radius 3 is 2.82 bits per heavy atom. The third kappa shape index (κ3) is 3.01. The lowest BCUT2D eigenvalue weighted by Gasteiger charge is -1.97. The van der Waals surface area contributed by atoms with Crippen LogP contribution < -0.4 is 5.32 Å². The van der Waals surface area contributed by atoms with E-state index in [1.165, 1.54) is 12.1 Å². The Bertz CT molecular complexity index is 470. The van der Waals surface area contributed by atoms with E-state index in [2.05, 4.69) is 15.5 Å². The number of halogens is 1. The minimum atomic E-state index is -0.296. The van der Waals surface area contributed by atoms with Crippen LogP contribution in [0.5, 0.6) is 0 Å². The zero-order chi connectivity index (χ0) is 12.1. The molecule has 6 heteroatoms. The van der Waals surface area contributed by atoms with E-state index in [-0.39, 0.29) is 5.82 Å². The number of hydrogen-bond donors (Lipinski definition) is 1. The monoisotopic (exact) mass is 237 g/mol. The Balaban J connectivity index is 2.04. The van der Waals surface area contributed by atoms with Crippen LogP contribution in [0.2, 0.25) is 0 Å². The van der Waals surface area contributed by atoms with Gasteiger partial charge in [0, 0.05) is 19.2 Å². The van der Waals surface area contributed by atoms with Crippen molar-refractivity contribution in [2.24, 2.45) is 0 Å². The molecule has 2 aromatic rings. The molecule has 1 N–H and O–H groups in total. The van der Waals surface area contributed by atoms with Crippen LogP contribution >= 0.6 is 0 Å². The molecule has 0 aliphatic carbocycles. The van der Waals surface area contributed by atoms with Crippen molar-refractivity contribution in [2.75, 3.05) is 25.6 Å². The molecule has 1 aromatic carbocycles. The van der Waals surface area contributed by atoms with Gasteiger partial charge in [-0.1, -0.05) is 5.16 Å². The van der Waals surface area contributed by atoms with Crippen molar-refractivity contribution in [3.05, 3.63) is 30.1 Å². The predicted octanol–water partition coefficient (Wildman–Crippen LogP) is 1.93. The minimum Gasteiger partial charge on any atom is -0.383 e. The van der Waals surface area contributed by atoms with Gasteiger partial charge in [-0.3, -0.25) is 0 Å². The van der Waals surface area contributed by atoms with E-state index in [0.717, 1.165) is 0 Å². The molecule has 0 aliphatic rings. The molecule has 0 amide bonds. The predicted molar refractivity (Wildman–Crippen MR) is 60.1 cm³/mol. The van der Waals surface area contributed by atoms with Gasteiger partial charge in [0.15, 0.2) is 0 Å². The summed E-state index contributed by atoms with van der Waals surface area (Å²) in [7, 11) is 1.61. The summed E-state index contributed by atoms with van der Waals surface area (Å²) < 4.78 is 22.6. The lowest BCUT2D eigenvalue weighted by molar-refractivity contribution is 0.210. The first kappa shape index (κ1) is 11.5. The fourth-order valence-corrected chi connectivity index (χ4v) is 1.27. The molecule has 0 saturated carbocycles. The Morgan fingerprint density at radius 2 is 2.12 bits per heavy atom. The highest BCUT2D eigenvalue weighted by Gasteiger charge is 2.07. The lowest BCUT2D eigenvalue weighted by atomic mass is 10.2. The first-order chi connectivity index (χ1) is 8.29. The van der Waals surface area contributed by atoms with Crippen LogP contribution in [0.15, 0.2) is 28.8 Å². The van der Waals surface area contributed by atoms with Gasteiger partial charge in [-0.2, -0.15) is 4.98 Å². The zero-order valence-electron chi connectivity index (χ0n) is 9.31. The number of aromatic nitrogens is 2. The van der Waals surface area contributed by atoms with E-state index >= 15 is 0 Å². The summed E-state index contributed by atoms with van der Waals surface area (Å²) >= 11 is 0. The van der Waals surface area contributed by atoms with Gasteiger partial charge < -0.3 is 14.6 Å². The molecule has 0 saturated heterocycles. The molecule has 0 aliphatic heterocycles. The molecule has 0 spiro atoms. The molecule has 90 valence electrons. The van der Waals surface area contributed by atoms with E-state index in [9.17, 15) is 4.39 Å². The van der Waals surface area contributed by atoms with Crippen molar-refractivity contribution in [1.82, 2.24) is 10.1 Å². The van der Waals surface area contributed by atoms with Gasteiger partial charge >= 0.3 is 6.01 Å². The highest BCUT2D eigenvalue weighted by Crippen LogP contribution is 2.17. The van der Waals surface area contributed by atoms with Gasteiger partial charge in [0.1, 0.15) is 5.82 Å². The largest absolute Gasteiger partial charge is 0.383 e. The smallest absolute Gasteiger partial charge is 0.321 e. The second kappa shape index (κ2) is 5.40. The molecule has 1 aromatic heterocycles. The third-order valence-electron chi connectivity index (χ3n) is 2.11. The Hall–Kier alpha value is -1.95. The summed E-state index contributed by atoms with van der Waals surface area (Å²) in [6.45, 7) is 1.13. The summed E-state index contributed by atoms with van der Waals surface area (Å²) in [5, 5.41) is 6.69. The molecule has 5 nitrogen and oxygen atoms in total. The van der Waals surface area contributed by atoms with Gasteiger partial charge in [-0.25, -0.2) is 4.39 Å². The lowest BCUT2D eigenvalue weighted by Crippen LogP contribution is -2.07. The summed E-state index contributed by atoms with van der Waals surface area (Å²) in [6.07, 6.45) is 0. The zero-order valence-corrected chi connectivity index (χ0v) is 9.31. The summed E-state index contributed by atoms with van der Waals surface area (Å²) in [4.78, 5) is 4.12. The van der Waals surface area contributed by atoms with Gasteiger partial charge in [0.25, 0.3) is 0 Å². The maximum Gasteiger partial charge on any atom is 0.321 e. The van der Waals surface area contributed by atoms with Crippen LogP contribution in [0.25, 0.3) is 11.4 Å². The number of methoxy groups -OCH3 is 1. The van der Waals surface area contributed by atoms with Gasteiger partial charge in [0.05, 0.1) is 6.61 Å². The normalized spacial score (nSPS) is 10.5. The second-order valence-electron chi connectivity index (χ2n) is 3.35. The fourth-order valence-electron chi connectivity index (χ4n) is 1.27. The third-order valence-corrected chi connectivity index (χ3v) is 2.11. The first-order valence-corrected chi connectivity index (χ1v) is 5.12. The van der Waals surface area contributed by atoms with E-state index in [0.29, 0.717) is 30.6 Å². The molecule has 0 bridgehead atoms. The number of rotatable bonds is 5. The van der Waals surface area contributed by atoms with Crippen LogP contribution in [-0.2, 0) is 4.74 Å². The van der Waals surface area contributed by atoms with E-state index in [1.807, 2.05) is 0 Å². The fraction of sp³-hybridized carbons (Fsp3) is 0.273. The molecule has 2 rings (SSSR count). The van der Waals surface area contributed by atoms with Crippen LogP contribution in [0.3, 0.4) is 0 Å². The quantitative estimate of drug-likeness (QED) is 0.805. The van der Waals surface area contributed by atoms with Gasteiger partial charge in [-0.05, 0) is 24.3 Å². The summed E-state index contributed by atoms with van der Waals surface area (Å²) in [6, 6.07) is 6.22. The molecule has 0 atom stereocenters. The molecule has 0 fully saturated rings. The van der Waals surface area contributed by atoms with Crippen molar-refractivity contribution in [2.45, 2.75) is 0 Å². The SMILES string of the molecule is COCCNc1nc(-c2ccc(F)cc2)no1. The maximum atomic E-state index is 12.7. The van der Waals surface area contributed by atoms with Crippen molar-refractivity contribution < 1.29 is 13.7 Å². The van der Waals surface area contributed by atoms with Crippen LogP contribution in [0.4, 0.5) is 10.4 Å². The summed E-state index contributed by atoms with van der Waals surface area (Å²) in [5.74, 6) is 0.126. The number of nitrogens with zero attached hydrogens (tertiary/aromatic N) is 2. The van der Waals surface area contributed by atoms with Gasteiger partial charge in [-0.15, -0.1) is 0 Å². The van der Waals surface area contributed by atoms with Crippen LogP contribution in [-0.4, -0.2) is 30.4 Å². The van der Waals surface area contributed by atoms with Gasteiger partial charge in [0.2, 0.25) is 5.82 Å². The number of hydrogen-bond acceptors (Lipinski definition) is 5. The molecule has 0 radical (unpaired) electrons. The van der Waals surface area contributed by atoms with Crippen molar-refractivity contribution >= 4 is 6.01 Å². The Kier molecular flexibility index (Phi) is 3.66. The number of ether oxygens (including phenoxy) is 1. The average Bonchev–Trinajstić information content (AvgIpc) is 2.79. The number of nitrogens with one attached hydrogen (secondary N) is 1. The maximum absolute atomic E-state index is 12.7. The topological polar surface area (TPSA) is 60.2 Å². The standard InChI is InChI=1S/C11H12FN3O2/c1-16-7-6-13-11-14-10(15-17-11)8-2-4-9(12)5-3-8/h2-5H,6-7H2,1H3,(H,13,14,15). The highest BCUT2D eigenvalue weighted by molar-refractivity contribution is 5.55. The molecule has 1 heterocycles. The minimum absolute atomic E-state index is 0.296. The molecular formula is C11H12FN3O2. The molecule has 0 unspecified atom stereocenters. The van der Waals surface area contributed by atoms with E-state index in [4.69, 9.17) is 9.26 Å². The van der Waals surface area contributed by atoms with Crippen LogP contribution in [0.1, 0.15) is 0 Å². The Labute approximate surface area is 97.6 Å². The summed E-state index contributed by atoms with van der Waals surface area (Å²) in [5.41, 5.74) is 0.704. The van der Waals surface area contributed by atoms with E-state index < -0.39 is 0 Å². The average molecular weight is 237 g/mol.